The van der Waals surface area contributed by atoms with Crippen LogP contribution in [0, 0.1) is 12.8 Å². The largest absolute Gasteiger partial charge is 0.490 e. The van der Waals surface area contributed by atoms with Gasteiger partial charge >= 0.3 is 12.1 Å². The van der Waals surface area contributed by atoms with Gasteiger partial charge in [0.15, 0.2) is 6.04 Å². The van der Waals surface area contributed by atoms with Crippen LogP contribution >= 0.6 is 23.2 Å². The van der Waals surface area contributed by atoms with Gasteiger partial charge in [0.25, 0.3) is 5.91 Å². The van der Waals surface area contributed by atoms with Crippen molar-refractivity contribution in [2.45, 2.75) is 31.8 Å². The third kappa shape index (κ3) is 7.13. The highest BCUT2D eigenvalue weighted by Gasteiger charge is 2.48. The van der Waals surface area contributed by atoms with Crippen LogP contribution in [0.5, 0.6) is 5.75 Å². The molecule has 2 heterocycles. The predicted molar refractivity (Wildman–Crippen MR) is 180 cm³/mol. The monoisotopic (exact) mass is 692 g/mol. The number of carbonyl (C=O) groups is 3. The van der Waals surface area contributed by atoms with Crippen molar-refractivity contribution >= 4 is 46.9 Å². The maximum absolute atomic E-state index is 13.3. The molecule has 0 radical (unpaired) electrons. The number of ether oxygens (including phenoxy) is 3. The molecule has 3 aromatic carbocycles. The quantitative estimate of drug-likeness (QED) is 0.168. The lowest BCUT2D eigenvalue weighted by atomic mass is 9.93. The van der Waals surface area contributed by atoms with Gasteiger partial charge in [-0.15, -0.1) is 0 Å². The fourth-order valence-corrected chi connectivity index (χ4v) is 6.37. The summed E-state index contributed by atoms with van der Waals surface area (Å²) in [5.74, 6) is -0.405. The number of hydrogen-bond acceptors (Lipinski definition) is 7. The molecule has 250 valence electrons. The van der Waals surface area contributed by atoms with Crippen LogP contribution in [0.2, 0.25) is 10.0 Å². The first-order chi connectivity index (χ1) is 23.1. The zero-order chi connectivity index (χ0) is 33.9. The Bertz CT molecular complexity index is 1860. The van der Waals surface area contributed by atoms with Crippen LogP contribution in [-0.4, -0.2) is 72.4 Å². The number of nitrogens with zero attached hydrogens (tertiary/aromatic N) is 3. The molecule has 1 aliphatic heterocycles. The van der Waals surface area contributed by atoms with Crippen LogP contribution in [-0.2, 0) is 20.8 Å². The number of aromatic nitrogens is 2. The second-order valence-electron chi connectivity index (χ2n) is 11.8. The Morgan fingerprint density at radius 1 is 1.08 bits per heavy atom. The van der Waals surface area contributed by atoms with E-state index >= 15 is 0 Å². The number of rotatable bonds is 12. The number of anilines is 1. The second-order valence-corrected chi connectivity index (χ2v) is 12.6. The highest BCUT2D eigenvalue weighted by Crippen LogP contribution is 2.57. The summed E-state index contributed by atoms with van der Waals surface area (Å²) in [6.45, 7) is 2.87. The van der Waals surface area contributed by atoms with E-state index < -0.39 is 24.0 Å². The molecule has 48 heavy (non-hydrogen) atoms. The summed E-state index contributed by atoms with van der Waals surface area (Å²) < 4.78 is 18.1. The number of hydrogen-bond donors (Lipinski definition) is 2. The van der Waals surface area contributed by atoms with Crippen LogP contribution in [0.25, 0.3) is 11.1 Å². The molecular weight excluding hydrogens is 659 g/mol. The van der Waals surface area contributed by atoms with Gasteiger partial charge in [0.1, 0.15) is 19.0 Å². The molecule has 1 fully saturated rings. The summed E-state index contributed by atoms with van der Waals surface area (Å²) in [4.78, 5) is 39.2. The molecule has 2 aliphatic rings. The molecule has 0 spiro atoms. The van der Waals surface area contributed by atoms with E-state index in [-0.39, 0.29) is 31.9 Å². The minimum absolute atomic E-state index is 0.0931. The Kier molecular flexibility index (Phi) is 9.91. The number of carboxylic acids is 1. The smallest absolute Gasteiger partial charge is 0.414 e. The number of fused-ring (bicyclic) bond motifs is 3. The molecular formula is C35H34Cl2N4O7. The Hall–Kier alpha value is -4.58. The van der Waals surface area contributed by atoms with Gasteiger partial charge in [-0.1, -0.05) is 41.4 Å². The fraction of sp³-hybridized carbons (Fsp3) is 0.314. The Morgan fingerprint density at radius 3 is 2.69 bits per heavy atom. The first kappa shape index (κ1) is 33.3. The molecule has 0 bridgehead atoms. The van der Waals surface area contributed by atoms with E-state index in [1.807, 2.05) is 43.5 Å². The Balaban J connectivity index is 1.15. The van der Waals surface area contributed by atoms with Gasteiger partial charge in [0.2, 0.25) is 0 Å². The number of carbonyl (C=O) groups excluding carboxylic acids is 2. The van der Waals surface area contributed by atoms with E-state index in [9.17, 15) is 19.5 Å². The van der Waals surface area contributed by atoms with Gasteiger partial charge < -0.3 is 24.6 Å². The average Bonchev–Trinajstić information content (AvgIpc) is 3.72. The van der Waals surface area contributed by atoms with Crippen molar-refractivity contribution < 1.29 is 33.7 Å². The fourth-order valence-electron chi connectivity index (χ4n) is 6.02. The van der Waals surface area contributed by atoms with Gasteiger partial charge in [-0.05, 0) is 78.3 Å². The summed E-state index contributed by atoms with van der Waals surface area (Å²) in [6.07, 6.45) is 4.24. The summed E-state index contributed by atoms with van der Waals surface area (Å²) in [7, 11) is 1.36. The van der Waals surface area contributed by atoms with Gasteiger partial charge in [0.05, 0.1) is 25.0 Å². The lowest BCUT2D eigenvalue weighted by Crippen LogP contribution is -2.43. The van der Waals surface area contributed by atoms with Crippen LogP contribution in [0.4, 0.5) is 10.5 Å². The van der Waals surface area contributed by atoms with Crippen molar-refractivity contribution in [3.8, 4) is 16.9 Å². The van der Waals surface area contributed by atoms with Crippen molar-refractivity contribution in [3.05, 3.63) is 99.3 Å². The summed E-state index contributed by atoms with van der Waals surface area (Å²) >= 11 is 12.7. The average molecular weight is 694 g/mol. The maximum Gasteiger partial charge on any atom is 0.414 e. The number of benzene rings is 3. The molecule has 1 aromatic heterocycles. The molecule has 3 atom stereocenters. The maximum atomic E-state index is 13.3. The van der Waals surface area contributed by atoms with Gasteiger partial charge in [0, 0.05) is 46.6 Å². The van der Waals surface area contributed by atoms with E-state index in [4.69, 9.17) is 37.4 Å². The Morgan fingerprint density at radius 2 is 1.90 bits per heavy atom. The minimum Gasteiger partial charge on any atom is -0.490 e. The molecule has 2 amide bonds. The molecule has 11 nitrogen and oxygen atoms in total. The van der Waals surface area contributed by atoms with Crippen molar-refractivity contribution in [1.82, 2.24) is 15.1 Å². The standard InChI is InChI=1S/C35H34Cl2N4O7/c1-20-27(36)6-4-8-31(20)47-11-12-48-35(45)41-18-22-14-26(22)32-25(5-3-7-30(32)41)24-15-38-40(17-24)16-23-13-21(9-10-28(23)37)33(42)39-29(19-46-2)34(43)44/h3-10,13,15,17,22,26,29H,11-12,14,16,18-19H2,1-2H3,(H,39,42)(H,43,44)/t22-,26-,29-/m0/s1. The SMILES string of the molecule is COC[C@H](NC(=O)c1ccc(Cl)c(Cn2cc(-c3cccc4c3[C@H]3C[C@H]3CN4C(=O)OCCOc3cccc(Cl)c3C)cn2)c1)C(=O)O. The molecule has 1 saturated carbocycles. The first-order valence-electron chi connectivity index (χ1n) is 15.4. The lowest BCUT2D eigenvalue weighted by molar-refractivity contribution is -0.140. The van der Waals surface area contributed by atoms with E-state index in [1.54, 1.807) is 34.0 Å². The predicted octanol–water partition coefficient (Wildman–Crippen LogP) is 6.18. The summed E-state index contributed by atoms with van der Waals surface area (Å²) in [6, 6.07) is 14.9. The normalized spacial score (nSPS) is 16.8. The third-order valence-electron chi connectivity index (χ3n) is 8.61. The van der Waals surface area contributed by atoms with Gasteiger partial charge in [-0.25, -0.2) is 9.59 Å². The van der Waals surface area contributed by atoms with Gasteiger partial charge in [-0.2, -0.15) is 5.10 Å². The van der Waals surface area contributed by atoms with Crippen molar-refractivity contribution in [1.29, 1.82) is 0 Å². The van der Waals surface area contributed by atoms with Crippen LogP contribution in [0.3, 0.4) is 0 Å². The Labute approximate surface area is 287 Å². The van der Waals surface area contributed by atoms with E-state index in [0.717, 1.165) is 34.4 Å². The van der Waals surface area contributed by atoms with Crippen molar-refractivity contribution in [2.75, 3.05) is 38.4 Å². The van der Waals surface area contributed by atoms with E-state index in [0.29, 0.717) is 39.7 Å². The van der Waals surface area contributed by atoms with E-state index in [2.05, 4.69) is 10.4 Å². The zero-order valence-electron chi connectivity index (χ0n) is 26.3. The number of methoxy groups -OCH3 is 1. The molecule has 6 rings (SSSR count). The number of amides is 2. The summed E-state index contributed by atoms with van der Waals surface area (Å²) in [5.41, 5.74) is 5.52. The lowest BCUT2D eigenvalue weighted by Gasteiger charge is -2.29. The molecule has 0 saturated heterocycles. The highest BCUT2D eigenvalue weighted by atomic mass is 35.5. The third-order valence-corrected chi connectivity index (χ3v) is 9.39. The molecule has 1 aliphatic carbocycles. The highest BCUT2D eigenvalue weighted by molar-refractivity contribution is 6.31. The van der Waals surface area contributed by atoms with Crippen molar-refractivity contribution in [2.24, 2.45) is 5.92 Å². The zero-order valence-corrected chi connectivity index (χ0v) is 27.8. The minimum atomic E-state index is -1.20. The van der Waals surface area contributed by atoms with Crippen LogP contribution in [0.1, 0.15) is 39.4 Å². The molecule has 4 aromatic rings. The molecule has 2 N–H and O–H groups in total. The number of halogens is 2. The molecule has 13 heteroatoms. The second kappa shape index (κ2) is 14.3. The number of nitrogens with one attached hydrogen (secondary N) is 1. The summed E-state index contributed by atoms with van der Waals surface area (Å²) in [5, 5.41) is 17.4. The molecule has 0 unspecified atom stereocenters. The van der Waals surface area contributed by atoms with Crippen LogP contribution < -0.4 is 15.0 Å². The van der Waals surface area contributed by atoms with Crippen molar-refractivity contribution in [3.63, 3.8) is 0 Å². The topological polar surface area (TPSA) is 132 Å². The van der Waals surface area contributed by atoms with E-state index in [1.165, 1.54) is 13.2 Å². The first-order valence-corrected chi connectivity index (χ1v) is 16.2. The number of carboxylic acid groups (broad SMARTS) is 1. The van der Waals surface area contributed by atoms with Gasteiger partial charge in [-0.3, -0.25) is 14.4 Å². The van der Waals surface area contributed by atoms with Crippen LogP contribution in [0.15, 0.2) is 67.0 Å². The number of aliphatic carboxylic acids is 1.